The summed E-state index contributed by atoms with van der Waals surface area (Å²) in [5, 5.41) is 6.41. The highest BCUT2D eigenvalue weighted by molar-refractivity contribution is 7.18. The number of hydrogen-bond donors (Lipinski definition) is 2. The maximum absolute atomic E-state index is 12.7. The Balaban J connectivity index is 1.55. The summed E-state index contributed by atoms with van der Waals surface area (Å²) >= 11 is 3.49. The van der Waals surface area contributed by atoms with Crippen LogP contribution < -0.4 is 10.9 Å². The van der Waals surface area contributed by atoms with Gasteiger partial charge in [0.15, 0.2) is 0 Å². The fourth-order valence-corrected chi connectivity index (χ4v) is 5.63. The van der Waals surface area contributed by atoms with E-state index in [1.54, 1.807) is 22.7 Å². The van der Waals surface area contributed by atoms with E-state index in [1.165, 1.54) is 21.7 Å². The lowest BCUT2D eigenvalue weighted by Gasteiger charge is -2.17. The Bertz CT molecular complexity index is 926. The Morgan fingerprint density at radius 1 is 1.48 bits per heavy atom. The molecule has 0 bridgehead atoms. The fraction of sp³-hybridized carbons (Fsp3) is 0.474. The third-order valence-electron chi connectivity index (χ3n) is 5.00. The van der Waals surface area contributed by atoms with Crippen molar-refractivity contribution >= 4 is 32.9 Å². The van der Waals surface area contributed by atoms with Crippen molar-refractivity contribution in [1.29, 1.82) is 0 Å². The number of hydrogen-bond acceptors (Lipinski definition) is 5. The predicted molar refractivity (Wildman–Crippen MR) is 106 cm³/mol. The third-order valence-corrected chi connectivity index (χ3v) is 7.08. The number of aromatic nitrogens is 2. The second-order valence-corrected chi connectivity index (χ2v) is 9.10. The maximum atomic E-state index is 12.7. The summed E-state index contributed by atoms with van der Waals surface area (Å²) in [6.45, 7) is 5.23. The summed E-state index contributed by atoms with van der Waals surface area (Å²) in [6, 6.07) is 4.27. The molecule has 0 saturated carbocycles. The van der Waals surface area contributed by atoms with Crippen molar-refractivity contribution in [2.45, 2.75) is 45.6 Å². The van der Waals surface area contributed by atoms with Crippen LogP contribution in [-0.4, -0.2) is 16.5 Å². The SMILES string of the molecule is C[C@@H]1CCc2c(sc3nc([C@H](C)NCCc4cccs4)[nH]c(=O)c23)C1. The fourth-order valence-electron chi connectivity index (χ4n) is 3.53. The molecule has 0 aromatic carbocycles. The number of fused-ring (bicyclic) bond motifs is 3. The Labute approximate surface area is 155 Å². The van der Waals surface area contributed by atoms with Crippen molar-refractivity contribution in [3.63, 3.8) is 0 Å². The van der Waals surface area contributed by atoms with Gasteiger partial charge in [-0.05, 0) is 55.5 Å². The van der Waals surface area contributed by atoms with Gasteiger partial charge in [-0.15, -0.1) is 22.7 Å². The molecular formula is C19H23N3OS2. The van der Waals surface area contributed by atoms with Gasteiger partial charge in [-0.3, -0.25) is 4.79 Å². The van der Waals surface area contributed by atoms with Crippen LogP contribution in [0, 0.1) is 5.92 Å². The first-order chi connectivity index (χ1) is 12.1. The largest absolute Gasteiger partial charge is 0.309 e. The maximum Gasteiger partial charge on any atom is 0.259 e. The van der Waals surface area contributed by atoms with E-state index in [4.69, 9.17) is 4.98 Å². The number of aryl methyl sites for hydroxylation is 1. The lowest BCUT2D eigenvalue weighted by molar-refractivity contribution is 0.509. The first-order valence-corrected chi connectivity index (χ1v) is 10.6. The lowest BCUT2D eigenvalue weighted by Crippen LogP contribution is -2.25. The quantitative estimate of drug-likeness (QED) is 0.709. The van der Waals surface area contributed by atoms with E-state index in [9.17, 15) is 4.79 Å². The van der Waals surface area contributed by atoms with Crippen molar-refractivity contribution in [2.75, 3.05) is 6.54 Å². The normalized spacial score (nSPS) is 18.4. The van der Waals surface area contributed by atoms with Crippen LogP contribution in [0.1, 0.15) is 47.5 Å². The van der Waals surface area contributed by atoms with Gasteiger partial charge in [0.25, 0.3) is 5.56 Å². The molecule has 0 saturated heterocycles. The third kappa shape index (κ3) is 3.43. The topological polar surface area (TPSA) is 57.8 Å². The molecule has 0 aliphatic heterocycles. The minimum atomic E-state index is 0.0268. The summed E-state index contributed by atoms with van der Waals surface area (Å²) in [6.07, 6.45) is 4.26. The number of aromatic amines is 1. The van der Waals surface area contributed by atoms with E-state index in [-0.39, 0.29) is 11.6 Å². The Kier molecular flexibility index (Phi) is 4.75. The Hall–Kier alpha value is -1.50. The molecule has 0 spiro atoms. The van der Waals surface area contributed by atoms with Gasteiger partial charge in [-0.25, -0.2) is 4.98 Å². The zero-order valence-corrected chi connectivity index (χ0v) is 16.2. The summed E-state index contributed by atoms with van der Waals surface area (Å²) < 4.78 is 0. The Morgan fingerprint density at radius 3 is 3.16 bits per heavy atom. The van der Waals surface area contributed by atoms with Crippen molar-refractivity contribution in [1.82, 2.24) is 15.3 Å². The van der Waals surface area contributed by atoms with Gasteiger partial charge in [0.1, 0.15) is 10.7 Å². The second-order valence-electron chi connectivity index (χ2n) is 6.99. The van der Waals surface area contributed by atoms with Crippen molar-refractivity contribution in [3.8, 4) is 0 Å². The van der Waals surface area contributed by atoms with E-state index < -0.39 is 0 Å². The minimum Gasteiger partial charge on any atom is -0.309 e. The molecule has 4 nitrogen and oxygen atoms in total. The van der Waals surface area contributed by atoms with E-state index in [1.807, 2.05) is 0 Å². The van der Waals surface area contributed by atoms with E-state index in [0.717, 1.165) is 41.8 Å². The highest BCUT2D eigenvalue weighted by Crippen LogP contribution is 2.35. The van der Waals surface area contributed by atoms with Gasteiger partial charge in [0.05, 0.1) is 11.4 Å². The molecule has 2 atom stereocenters. The molecule has 0 radical (unpaired) electrons. The van der Waals surface area contributed by atoms with Crippen LogP contribution in [0.4, 0.5) is 0 Å². The number of nitrogens with zero attached hydrogens (tertiary/aromatic N) is 1. The molecule has 2 N–H and O–H groups in total. The summed E-state index contributed by atoms with van der Waals surface area (Å²) in [5.74, 6) is 1.45. The van der Waals surface area contributed by atoms with Crippen LogP contribution in [0.25, 0.3) is 10.2 Å². The summed E-state index contributed by atoms with van der Waals surface area (Å²) in [7, 11) is 0. The van der Waals surface area contributed by atoms with Crippen molar-refractivity contribution in [3.05, 3.63) is 49.0 Å². The van der Waals surface area contributed by atoms with Crippen LogP contribution in [0.2, 0.25) is 0 Å². The number of rotatable bonds is 5. The number of H-pyrrole nitrogens is 1. The van der Waals surface area contributed by atoms with Gasteiger partial charge in [-0.1, -0.05) is 13.0 Å². The van der Waals surface area contributed by atoms with Gasteiger partial charge in [-0.2, -0.15) is 0 Å². The molecule has 0 fully saturated rings. The molecule has 132 valence electrons. The highest BCUT2D eigenvalue weighted by atomic mass is 32.1. The molecule has 3 aromatic heterocycles. The molecular weight excluding hydrogens is 350 g/mol. The minimum absolute atomic E-state index is 0.0268. The van der Waals surface area contributed by atoms with Crippen LogP contribution in [0.5, 0.6) is 0 Å². The van der Waals surface area contributed by atoms with Crippen molar-refractivity contribution in [2.24, 2.45) is 5.92 Å². The smallest absolute Gasteiger partial charge is 0.259 e. The highest BCUT2D eigenvalue weighted by Gasteiger charge is 2.23. The van der Waals surface area contributed by atoms with Crippen molar-refractivity contribution < 1.29 is 0 Å². The van der Waals surface area contributed by atoms with Crippen LogP contribution in [0.15, 0.2) is 22.3 Å². The van der Waals surface area contributed by atoms with E-state index >= 15 is 0 Å². The van der Waals surface area contributed by atoms with E-state index in [0.29, 0.717) is 5.92 Å². The molecule has 6 heteroatoms. The molecule has 3 heterocycles. The second kappa shape index (κ2) is 7.02. The molecule has 0 amide bonds. The van der Waals surface area contributed by atoms with Crippen LogP contribution in [-0.2, 0) is 19.3 Å². The molecule has 1 aliphatic carbocycles. The van der Waals surface area contributed by atoms with Gasteiger partial charge in [0, 0.05) is 16.3 Å². The standard InChI is InChI=1S/C19H23N3OS2/c1-11-5-6-14-15(10-11)25-19-16(14)18(23)21-17(22-19)12(2)20-8-7-13-4-3-9-24-13/h3-4,9,11-12,20H,5-8,10H2,1-2H3,(H,21,22,23)/t11-,12+/m1/s1. The zero-order valence-electron chi connectivity index (χ0n) is 14.6. The van der Waals surface area contributed by atoms with Crippen LogP contribution in [0.3, 0.4) is 0 Å². The Morgan fingerprint density at radius 2 is 2.36 bits per heavy atom. The average Bonchev–Trinajstić information content (AvgIpc) is 3.21. The first kappa shape index (κ1) is 16.9. The van der Waals surface area contributed by atoms with E-state index in [2.05, 4.69) is 41.7 Å². The van der Waals surface area contributed by atoms with Gasteiger partial charge in [0.2, 0.25) is 0 Å². The lowest BCUT2D eigenvalue weighted by atomic mass is 9.89. The monoisotopic (exact) mass is 373 g/mol. The molecule has 4 rings (SSSR count). The molecule has 0 unspecified atom stereocenters. The number of thiophene rings is 2. The average molecular weight is 374 g/mol. The molecule has 25 heavy (non-hydrogen) atoms. The van der Waals surface area contributed by atoms with Gasteiger partial charge >= 0.3 is 0 Å². The number of nitrogens with one attached hydrogen (secondary N) is 2. The molecule has 1 aliphatic rings. The molecule has 3 aromatic rings. The van der Waals surface area contributed by atoms with Crippen LogP contribution >= 0.6 is 22.7 Å². The van der Waals surface area contributed by atoms with Gasteiger partial charge < -0.3 is 10.3 Å². The summed E-state index contributed by atoms with van der Waals surface area (Å²) in [4.78, 5) is 24.1. The first-order valence-electron chi connectivity index (χ1n) is 8.92. The summed E-state index contributed by atoms with van der Waals surface area (Å²) in [5.41, 5.74) is 1.27. The predicted octanol–water partition coefficient (Wildman–Crippen LogP) is 4.06. The zero-order chi connectivity index (χ0) is 17.4.